The molecule has 0 spiro atoms. The highest BCUT2D eigenvalue weighted by Gasteiger charge is 2.24. The quantitative estimate of drug-likeness (QED) is 0.888. The van der Waals surface area contributed by atoms with E-state index in [9.17, 15) is 4.79 Å². The second-order valence-corrected chi connectivity index (χ2v) is 6.79. The Balaban J connectivity index is 1.61. The molecule has 1 aliphatic heterocycles. The van der Waals surface area contributed by atoms with E-state index in [1.165, 1.54) is 36.2 Å². The first-order valence-electron chi connectivity index (χ1n) is 9.30. The van der Waals surface area contributed by atoms with Crippen LogP contribution in [0.15, 0.2) is 42.2 Å². The predicted molar refractivity (Wildman–Crippen MR) is 107 cm³/mol. The number of anilines is 1. The van der Waals surface area contributed by atoms with Gasteiger partial charge in [-0.15, -0.1) is 0 Å². The van der Waals surface area contributed by atoms with Crippen LogP contribution in [0.3, 0.4) is 0 Å². The molecule has 27 heavy (non-hydrogen) atoms. The van der Waals surface area contributed by atoms with Crippen molar-refractivity contribution in [3.63, 3.8) is 0 Å². The zero-order valence-electron chi connectivity index (χ0n) is 16.1. The van der Waals surface area contributed by atoms with Gasteiger partial charge in [-0.25, -0.2) is 14.8 Å². The third-order valence-corrected chi connectivity index (χ3v) is 4.87. The molecular formula is C21H26N4O2. The SMILES string of the molecule is CCc1cccc(/C=C2\CCN(C(=O)Nc3cnc(OC)cn3)CC2C)c1. The number of carbonyl (C=O) groups is 1. The number of likely N-dealkylation sites (tertiary alicyclic amines) is 1. The number of carbonyl (C=O) groups excluding carboxylic acids is 1. The topological polar surface area (TPSA) is 67.4 Å². The molecule has 0 radical (unpaired) electrons. The van der Waals surface area contributed by atoms with Gasteiger partial charge in [-0.3, -0.25) is 5.32 Å². The van der Waals surface area contributed by atoms with E-state index in [1.807, 2.05) is 4.90 Å². The fourth-order valence-corrected chi connectivity index (χ4v) is 3.24. The van der Waals surface area contributed by atoms with E-state index in [1.54, 1.807) is 0 Å². The number of ether oxygens (including phenoxy) is 1. The van der Waals surface area contributed by atoms with Gasteiger partial charge in [-0.05, 0) is 29.9 Å². The van der Waals surface area contributed by atoms with Crippen LogP contribution in [-0.4, -0.2) is 41.1 Å². The molecule has 1 aliphatic rings. The minimum absolute atomic E-state index is 0.145. The summed E-state index contributed by atoms with van der Waals surface area (Å²) < 4.78 is 4.98. The van der Waals surface area contributed by atoms with Crippen molar-refractivity contribution in [3.8, 4) is 5.88 Å². The summed E-state index contributed by atoms with van der Waals surface area (Å²) in [5, 5.41) is 2.80. The number of amides is 2. The van der Waals surface area contributed by atoms with Crippen LogP contribution < -0.4 is 10.1 Å². The summed E-state index contributed by atoms with van der Waals surface area (Å²) in [7, 11) is 1.53. The molecule has 1 atom stereocenters. The Morgan fingerprint density at radius 2 is 2.22 bits per heavy atom. The molecule has 1 unspecified atom stereocenters. The first-order valence-corrected chi connectivity index (χ1v) is 9.30. The van der Waals surface area contributed by atoms with Crippen molar-refractivity contribution in [2.24, 2.45) is 5.92 Å². The number of hydrogen-bond donors (Lipinski definition) is 1. The Kier molecular flexibility index (Phi) is 6.06. The van der Waals surface area contributed by atoms with Gasteiger partial charge in [0.25, 0.3) is 0 Å². The summed E-state index contributed by atoms with van der Waals surface area (Å²) >= 11 is 0. The molecule has 0 aliphatic carbocycles. The minimum atomic E-state index is -0.145. The minimum Gasteiger partial charge on any atom is -0.480 e. The molecule has 0 bridgehead atoms. The van der Waals surface area contributed by atoms with Crippen molar-refractivity contribution in [2.45, 2.75) is 26.7 Å². The summed E-state index contributed by atoms with van der Waals surface area (Å²) in [5.74, 6) is 1.16. The summed E-state index contributed by atoms with van der Waals surface area (Å²) in [5.41, 5.74) is 3.97. The van der Waals surface area contributed by atoms with Gasteiger partial charge in [-0.1, -0.05) is 49.8 Å². The van der Waals surface area contributed by atoms with Crippen molar-refractivity contribution >= 4 is 17.9 Å². The lowest BCUT2D eigenvalue weighted by Gasteiger charge is -2.33. The molecule has 6 heteroatoms. The van der Waals surface area contributed by atoms with Gasteiger partial charge in [0.05, 0.1) is 19.5 Å². The first kappa shape index (κ1) is 18.9. The van der Waals surface area contributed by atoms with Crippen LogP contribution in [0.5, 0.6) is 5.88 Å². The monoisotopic (exact) mass is 366 g/mol. The highest BCUT2D eigenvalue weighted by Crippen LogP contribution is 2.25. The maximum atomic E-state index is 12.5. The normalized spacial score (nSPS) is 18.4. The number of nitrogens with one attached hydrogen (secondary N) is 1. The summed E-state index contributed by atoms with van der Waals surface area (Å²) in [6, 6.07) is 8.49. The van der Waals surface area contributed by atoms with Crippen LogP contribution in [0.1, 0.15) is 31.4 Å². The Morgan fingerprint density at radius 1 is 1.37 bits per heavy atom. The van der Waals surface area contributed by atoms with Crippen molar-refractivity contribution in [1.82, 2.24) is 14.9 Å². The standard InChI is InChI=1S/C21H26N4O2/c1-4-16-6-5-7-17(10-16)11-18-8-9-25(14-15(18)2)21(26)24-19-12-23-20(27-3)13-22-19/h5-7,10-13,15H,4,8-9,14H2,1-3H3,(H,22,24,26)/b18-11+. The fraction of sp³-hybridized carbons (Fsp3) is 0.381. The molecule has 3 rings (SSSR count). The molecule has 6 nitrogen and oxygen atoms in total. The summed E-state index contributed by atoms with van der Waals surface area (Å²) in [6.07, 6.45) is 7.16. The van der Waals surface area contributed by atoms with E-state index in [0.29, 0.717) is 30.7 Å². The number of aryl methyl sites for hydroxylation is 1. The van der Waals surface area contributed by atoms with Gasteiger partial charge in [0.2, 0.25) is 5.88 Å². The van der Waals surface area contributed by atoms with Crippen molar-refractivity contribution in [2.75, 3.05) is 25.5 Å². The first-order chi connectivity index (χ1) is 13.1. The average molecular weight is 366 g/mol. The zero-order valence-corrected chi connectivity index (χ0v) is 16.1. The van der Waals surface area contributed by atoms with E-state index < -0.39 is 0 Å². The van der Waals surface area contributed by atoms with Gasteiger partial charge < -0.3 is 9.64 Å². The van der Waals surface area contributed by atoms with Crippen LogP contribution in [0.4, 0.5) is 10.6 Å². The van der Waals surface area contributed by atoms with Crippen LogP contribution in [0, 0.1) is 5.92 Å². The number of rotatable bonds is 4. The highest BCUT2D eigenvalue weighted by molar-refractivity contribution is 5.88. The lowest BCUT2D eigenvalue weighted by molar-refractivity contribution is 0.197. The molecule has 2 aromatic rings. The molecule has 0 saturated carbocycles. The number of nitrogens with zero attached hydrogens (tertiary/aromatic N) is 3. The smallest absolute Gasteiger partial charge is 0.323 e. The molecule has 1 N–H and O–H groups in total. The van der Waals surface area contributed by atoms with E-state index in [2.05, 4.69) is 59.5 Å². The Bertz CT molecular complexity index is 817. The highest BCUT2D eigenvalue weighted by atomic mass is 16.5. The van der Waals surface area contributed by atoms with E-state index in [0.717, 1.165) is 12.8 Å². The summed E-state index contributed by atoms with van der Waals surface area (Å²) in [6.45, 7) is 5.72. The number of benzene rings is 1. The molecule has 1 aromatic carbocycles. The zero-order chi connectivity index (χ0) is 19.2. The summed E-state index contributed by atoms with van der Waals surface area (Å²) in [4.78, 5) is 22.5. The third-order valence-electron chi connectivity index (χ3n) is 4.87. The van der Waals surface area contributed by atoms with E-state index >= 15 is 0 Å². The number of aromatic nitrogens is 2. The van der Waals surface area contributed by atoms with Crippen LogP contribution in [-0.2, 0) is 6.42 Å². The second kappa shape index (κ2) is 8.66. The van der Waals surface area contributed by atoms with E-state index in [4.69, 9.17) is 4.74 Å². The molecular weight excluding hydrogens is 340 g/mol. The van der Waals surface area contributed by atoms with Gasteiger partial charge >= 0.3 is 6.03 Å². The average Bonchev–Trinajstić information content (AvgIpc) is 2.70. The Morgan fingerprint density at radius 3 is 2.89 bits per heavy atom. The largest absolute Gasteiger partial charge is 0.480 e. The fourth-order valence-electron chi connectivity index (χ4n) is 3.24. The third kappa shape index (κ3) is 4.84. The van der Waals surface area contributed by atoms with Crippen LogP contribution in [0.25, 0.3) is 6.08 Å². The maximum Gasteiger partial charge on any atom is 0.323 e. The molecule has 1 saturated heterocycles. The number of piperidine rings is 1. The van der Waals surface area contributed by atoms with Crippen molar-refractivity contribution < 1.29 is 9.53 Å². The van der Waals surface area contributed by atoms with Crippen molar-refractivity contribution in [1.29, 1.82) is 0 Å². The van der Waals surface area contributed by atoms with Crippen LogP contribution in [0.2, 0.25) is 0 Å². The molecule has 142 valence electrons. The lowest BCUT2D eigenvalue weighted by atomic mass is 9.91. The van der Waals surface area contributed by atoms with Gasteiger partial charge in [0, 0.05) is 13.1 Å². The van der Waals surface area contributed by atoms with Gasteiger partial charge in [-0.2, -0.15) is 0 Å². The lowest BCUT2D eigenvalue weighted by Crippen LogP contribution is -2.42. The predicted octanol–water partition coefficient (Wildman–Crippen LogP) is 4.00. The number of hydrogen-bond acceptors (Lipinski definition) is 4. The molecule has 1 aromatic heterocycles. The van der Waals surface area contributed by atoms with Crippen molar-refractivity contribution in [3.05, 3.63) is 53.4 Å². The van der Waals surface area contributed by atoms with E-state index in [-0.39, 0.29) is 6.03 Å². The number of urea groups is 1. The van der Waals surface area contributed by atoms with Gasteiger partial charge in [0.1, 0.15) is 0 Å². The Labute approximate surface area is 160 Å². The van der Waals surface area contributed by atoms with Crippen LogP contribution >= 0.6 is 0 Å². The molecule has 2 heterocycles. The Hall–Kier alpha value is -2.89. The molecule has 1 fully saturated rings. The second-order valence-electron chi connectivity index (χ2n) is 6.79. The van der Waals surface area contributed by atoms with Gasteiger partial charge in [0.15, 0.2) is 5.82 Å². The maximum absolute atomic E-state index is 12.5. The number of methoxy groups -OCH3 is 1. The molecule has 2 amide bonds.